The number of pyridine rings is 1. The van der Waals surface area contributed by atoms with Crippen LogP contribution < -0.4 is 5.32 Å². The van der Waals surface area contributed by atoms with Gasteiger partial charge in [-0.1, -0.05) is 6.07 Å². The molecule has 88 valence electrons. The Hall–Kier alpha value is -1.33. The SMILES string of the molecule is CC(NC(=O)c1cc(S)cs1)c1ccccn1. The number of rotatable bonds is 3. The Morgan fingerprint density at radius 2 is 2.35 bits per heavy atom. The van der Waals surface area contributed by atoms with Gasteiger partial charge in [0.05, 0.1) is 16.6 Å². The number of amides is 1. The molecule has 2 aromatic rings. The summed E-state index contributed by atoms with van der Waals surface area (Å²) in [4.78, 5) is 17.6. The summed E-state index contributed by atoms with van der Waals surface area (Å²) in [5.41, 5.74) is 0.850. The van der Waals surface area contributed by atoms with E-state index < -0.39 is 0 Å². The second-order valence-electron chi connectivity index (χ2n) is 3.62. The fraction of sp³-hybridized carbons (Fsp3) is 0.167. The van der Waals surface area contributed by atoms with Crippen LogP contribution in [0, 0.1) is 0 Å². The van der Waals surface area contributed by atoms with E-state index in [0.29, 0.717) is 4.88 Å². The minimum Gasteiger partial charge on any atom is -0.343 e. The smallest absolute Gasteiger partial charge is 0.261 e. The Morgan fingerprint density at radius 3 is 2.94 bits per heavy atom. The van der Waals surface area contributed by atoms with Gasteiger partial charge in [0, 0.05) is 16.5 Å². The van der Waals surface area contributed by atoms with Gasteiger partial charge < -0.3 is 5.32 Å². The van der Waals surface area contributed by atoms with Crippen LogP contribution >= 0.6 is 24.0 Å². The largest absolute Gasteiger partial charge is 0.343 e. The molecule has 0 bridgehead atoms. The van der Waals surface area contributed by atoms with Crippen LogP contribution in [-0.2, 0) is 0 Å². The molecule has 0 aromatic carbocycles. The molecular weight excluding hydrogens is 252 g/mol. The lowest BCUT2D eigenvalue weighted by molar-refractivity contribution is 0.0943. The Morgan fingerprint density at radius 1 is 1.53 bits per heavy atom. The summed E-state index contributed by atoms with van der Waals surface area (Å²) in [6, 6.07) is 7.30. The summed E-state index contributed by atoms with van der Waals surface area (Å²) in [6.45, 7) is 1.91. The average Bonchev–Trinajstić information content (AvgIpc) is 2.77. The monoisotopic (exact) mass is 264 g/mol. The molecule has 2 aromatic heterocycles. The number of nitrogens with zero attached hydrogens (tertiary/aromatic N) is 1. The third-order valence-electron chi connectivity index (χ3n) is 2.29. The van der Waals surface area contributed by atoms with Crippen molar-refractivity contribution < 1.29 is 4.79 Å². The summed E-state index contributed by atoms with van der Waals surface area (Å²) < 4.78 is 0. The number of thiol groups is 1. The lowest BCUT2D eigenvalue weighted by Gasteiger charge is -2.12. The van der Waals surface area contributed by atoms with Crippen molar-refractivity contribution in [2.45, 2.75) is 17.9 Å². The summed E-state index contributed by atoms with van der Waals surface area (Å²) >= 11 is 5.56. The molecule has 0 saturated heterocycles. The molecule has 1 atom stereocenters. The molecule has 0 fully saturated rings. The molecule has 3 nitrogen and oxygen atoms in total. The summed E-state index contributed by atoms with van der Waals surface area (Å²) in [7, 11) is 0. The molecule has 5 heteroatoms. The van der Waals surface area contributed by atoms with Crippen molar-refractivity contribution in [3.63, 3.8) is 0 Å². The molecule has 1 amide bonds. The maximum Gasteiger partial charge on any atom is 0.261 e. The van der Waals surface area contributed by atoms with Gasteiger partial charge in [-0.15, -0.1) is 24.0 Å². The lowest BCUT2D eigenvalue weighted by atomic mass is 10.2. The Balaban J connectivity index is 2.04. The van der Waals surface area contributed by atoms with Crippen molar-refractivity contribution in [3.05, 3.63) is 46.4 Å². The van der Waals surface area contributed by atoms with Gasteiger partial charge in [-0.2, -0.15) is 0 Å². The van der Waals surface area contributed by atoms with Gasteiger partial charge in [-0.3, -0.25) is 9.78 Å². The third kappa shape index (κ3) is 3.08. The predicted octanol–water partition coefficient (Wildman–Crippen LogP) is 2.92. The highest BCUT2D eigenvalue weighted by atomic mass is 32.1. The van der Waals surface area contributed by atoms with Gasteiger partial charge in [0.15, 0.2) is 0 Å². The minimum atomic E-state index is -0.103. The summed E-state index contributed by atoms with van der Waals surface area (Å²) in [6.07, 6.45) is 1.72. The second-order valence-corrected chi connectivity index (χ2v) is 5.05. The van der Waals surface area contributed by atoms with Gasteiger partial charge in [-0.25, -0.2) is 0 Å². The van der Waals surface area contributed by atoms with E-state index in [-0.39, 0.29) is 11.9 Å². The third-order valence-corrected chi connectivity index (χ3v) is 3.65. The molecule has 0 aliphatic rings. The first kappa shape index (κ1) is 12.1. The highest BCUT2D eigenvalue weighted by Gasteiger charge is 2.13. The number of carbonyl (C=O) groups excluding carboxylic acids is 1. The van der Waals surface area contributed by atoms with E-state index in [4.69, 9.17) is 0 Å². The summed E-state index contributed by atoms with van der Waals surface area (Å²) in [5.74, 6) is -0.0894. The Kier molecular flexibility index (Phi) is 3.81. The molecular formula is C12H12N2OS2. The van der Waals surface area contributed by atoms with Crippen LogP contribution in [0.3, 0.4) is 0 Å². The van der Waals surface area contributed by atoms with Gasteiger partial charge in [-0.05, 0) is 25.1 Å². The number of carbonyl (C=O) groups is 1. The normalized spacial score (nSPS) is 12.1. The van der Waals surface area contributed by atoms with Crippen LogP contribution in [0.5, 0.6) is 0 Å². The molecule has 0 aliphatic carbocycles. The van der Waals surface area contributed by atoms with Crippen molar-refractivity contribution in [1.82, 2.24) is 10.3 Å². The van der Waals surface area contributed by atoms with Gasteiger partial charge >= 0.3 is 0 Å². The first-order valence-corrected chi connectivity index (χ1v) is 6.49. The first-order chi connectivity index (χ1) is 8.16. The van der Waals surface area contributed by atoms with E-state index in [1.165, 1.54) is 11.3 Å². The van der Waals surface area contributed by atoms with Gasteiger partial charge in [0.1, 0.15) is 0 Å². The fourth-order valence-corrected chi connectivity index (χ4v) is 2.47. The quantitative estimate of drug-likeness (QED) is 0.837. The number of nitrogens with one attached hydrogen (secondary N) is 1. The number of hydrogen-bond donors (Lipinski definition) is 2. The first-order valence-electron chi connectivity index (χ1n) is 5.16. The number of thiophene rings is 1. The second kappa shape index (κ2) is 5.33. The standard InChI is InChI=1S/C12H12N2OS2/c1-8(10-4-2-3-5-13-10)14-12(15)11-6-9(16)7-17-11/h2-8,16H,1H3,(H,14,15). The highest BCUT2D eigenvalue weighted by Crippen LogP contribution is 2.18. The maximum absolute atomic E-state index is 11.9. The van der Waals surface area contributed by atoms with E-state index in [1.807, 2.05) is 30.5 Å². The molecule has 2 heterocycles. The lowest BCUT2D eigenvalue weighted by Crippen LogP contribution is -2.26. The van der Waals surface area contributed by atoms with Crippen molar-refractivity contribution in [2.75, 3.05) is 0 Å². The highest BCUT2D eigenvalue weighted by molar-refractivity contribution is 7.80. The van der Waals surface area contributed by atoms with E-state index in [1.54, 1.807) is 12.3 Å². The van der Waals surface area contributed by atoms with Crippen molar-refractivity contribution in [3.8, 4) is 0 Å². The molecule has 1 unspecified atom stereocenters. The minimum absolute atomic E-state index is 0.0894. The Labute approximate surface area is 109 Å². The average molecular weight is 264 g/mol. The topological polar surface area (TPSA) is 42.0 Å². The number of hydrogen-bond acceptors (Lipinski definition) is 4. The van der Waals surface area contributed by atoms with Crippen LogP contribution in [0.15, 0.2) is 40.7 Å². The molecule has 0 aliphatic heterocycles. The molecule has 2 rings (SSSR count). The van der Waals surface area contributed by atoms with E-state index in [2.05, 4.69) is 22.9 Å². The maximum atomic E-state index is 11.9. The zero-order valence-corrected chi connectivity index (χ0v) is 11.0. The fourth-order valence-electron chi connectivity index (χ4n) is 1.42. The van der Waals surface area contributed by atoms with Crippen molar-refractivity contribution in [1.29, 1.82) is 0 Å². The molecule has 17 heavy (non-hydrogen) atoms. The van der Waals surface area contributed by atoms with Crippen molar-refractivity contribution in [2.24, 2.45) is 0 Å². The van der Waals surface area contributed by atoms with Crippen LogP contribution in [0.2, 0.25) is 0 Å². The van der Waals surface area contributed by atoms with Crippen LogP contribution in [0.1, 0.15) is 28.3 Å². The predicted molar refractivity (Wildman–Crippen MR) is 71.7 cm³/mol. The molecule has 0 spiro atoms. The Bertz CT molecular complexity index is 510. The van der Waals surface area contributed by atoms with Crippen molar-refractivity contribution >= 4 is 29.9 Å². The molecule has 0 saturated carbocycles. The van der Waals surface area contributed by atoms with Gasteiger partial charge in [0.2, 0.25) is 0 Å². The molecule has 1 N–H and O–H groups in total. The van der Waals surface area contributed by atoms with Crippen LogP contribution in [0.25, 0.3) is 0 Å². The van der Waals surface area contributed by atoms with E-state index in [9.17, 15) is 4.79 Å². The zero-order valence-electron chi connectivity index (χ0n) is 9.25. The van der Waals surface area contributed by atoms with Crippen LogP contribution in [-0.4, -0.2) is 10.9 Å². The van der Waals surface area contributed by atoms with Gasteiger partial charge in [0.25, 0.3) is 5.91 Å². The molecule has 0 radical (unpaired) electrons. The van der Waals surface area contributed by atoms with E-state index in [0.717, 1.165) is 10.6 Å². The summed E-state index contributed by atoms with van der Waals surface area (Å²) in [5, 5.41) is 4.74. The zero-order chi connectivity index (χ0) is 12.3. The number of aromatic nitrogens is 1. The van der Waals surface area contributed by atoms with Crippen LogP contribution in [0.4, 0.5) is 0 Å². The van der Waals surface area contributed by atoms with E-state index >= 15 is 0 Å².